The Balaban J connectivity index is 1.66. The van der Waals surface area contributed by atoms with Crippen LogP contribution in [-0.2, 0) is 11.2 Å². The molecular weight excluding hydrogens is 322 g/mol. The van der Waals surface area contributed by atoms with Crippen molar-refractivity contribution >= 4 is 17.6 Å². The summed E-state index contributed by atoms with van der Waals surface area (Å²) in [5, 5.41) is 9.06. The number of ether oxygens (including phenoxy) is 1. The number of carboxylic acids is 1. The Morgan fingerprint density at radius 1 is 1.36 bits per heavy atom. The van der Waals surface area contributed by atoms with E-state index in [2.05, 4.69) is 14.9 Å². The molecule has 130 valence electrons. The molecule has 1 N–H and O–H groups in total. The summed E-state index contributed by atoms with van der Waals surface area (Å²) >= 11 is 0. The maximum atomic E-state index is 11.6. The zero-order chi connectivity index (χ0) is 17.8. The Bertz CT molecular complexity index is 793. The van der Waals surface area contributed by atoms with Crippen LogP contribution in [0.3, 0.4) is 0 Å². The van der Waals surface area contributed by atoms with Gasteiger partial charge in [-0.15, -0.1) is 0 Å². The summed E-state index contributed by atoms with van der Waals surface area (Å²) in [4.78, 5) is 32.8. The second-order valence-electron chi connectivity index (χ2n) is 6.08. The van der Waals surface area contributed by atoms with Crippen molar-refractivity contribution in [3.05, 3.63) is 53.6 Å². The van der Waals surface area contributed by atoms with Crippen molar-refractivity contribution in [2.24, 2.45) is 5.92 Å². The fraction of sp³-hybridized carbons (Fsp3) is 0.333. The highest BCUT2D eigenvalue weighted by atomic mass is 16.5. The van der Waals surface area contributed by atoms with Crippen molar-refractivity contribution in [1.82, 2.24) is 9.97 Å². The summed E-state index contributed by atoms with van der Waals surface area (Å²) in [6.07, 6.45) is 6.60. The number of esters is 1. The lowest BCUT2D eigenvalue weighted by molar-refractivity contribution is 0.0599. The van der Waals surface area contributed by atoms with Crippen molar-refractivity contribution in [1.29, 1.82) is 0 Å². The number of anilines is 1. The minimum absolute atomic E-state index is 0.0518. The fourth-order valence-corrected chi connectivity index (χ4v) is 3.13. The number of aromatic nitrogens is 2. The van der Waals surface area contributed by atoms with Crippen LogP contribution < -0.4 is 4.90 Å². The molecule has 0 aromatic carbocycles. The molecule has 7 heteroatoms. The molecule has 2 aromatic heterocycles. The molecule has 0 aliphatic carbocycles. The van der Waals surface area contributed by atoms with Crippen LogP contribution >= 0.6 is 0 Å². The molecule has 0 saturated carbocycles. The van der Waals surface area contributed by atoms with Gasteiger partial charge in [0.25, 0.3) is 0 Å². The van der Waals surface area contributed by atoms with Crippen molar-refractivity contribution in [2.75, 3.05) is 25.1 Å². The topological polar surface area (TPSA) is 92.6 Å². The second-order valence-corrected chi connectivity index (χ2v) is 6.08. The molecule has 1 unspecified atom stereocenters. The smallest absolute Gasteiger partial charge is 0.354 e. The molecule has 0 spiro atoms. The largest absolute Gasteiger partial charge is 0.477 e. The third-order valence-corrected chi connectivity index (χ3v) is 4.35. The van der Waals surface area contributed by atoms with Gasteiger partial charge in [0.15, 0.2) is 0 Å². The van der Waals surface area contributed by atoms with Crippen molar-refractivity contribution in [3.8, 4) is 0 Å². The summed E-state index contributed by atoms with van der Waals surface area (Å²) in [6.45, 7) is 1.68. The van der Waals surface area contributed by atoms with E-state index in [1.165, 1.54) is 19.5 Å². The Hall–Kier alpha value is -2.96. The van der Waals surface area contributed by atoms with Crippen LogP contribution in [0, 0.1) is 5.92 Å². The summed E-state index contributed by atoms with van der Waals surface area (Å²) < 4.78 is 4.73. The minimum Gasteiger partial charge on any atom is -0.477 e. The number of nitrogens with zero attached hydrogens (tertiary/aromatic N) is 3. The van der Waals surface area contributed by atoms with Gasteiger partial charge in [0, 0.05) is 37.4 Å². The minimum atomic E-state index is -1.02. The number of rotatable bonds is 5. The maximum Gasteiger partial charge on any atom is 0.354 e. The van der Waals surface area contributed by atoms with Gasteiger partial charge in [-0.05, 0) is 42.5 Å². The predicted octanol–water partition coefficient (Wildman–Crippen LogP) is 2.03. The molecule has 0 bridgehead atoms. The monoisotopic (exact) mass is 341 g/mol. The SMILES string of the molecule is COC(=O)c1cncc(CC2CCN(c3ccnc(C(=O)O)c3)C2)c1. The highest BCUT2D eigenvalue weighted by Gasteiger charge is 2.24. The Morgan fingerprint density at radius 2 is 2.20 bits per heavy atom. The van der Waals surface area contributed by atoms with Gasteiger partial charge in [-0.25, -0.2) is 14.6 Å². The molecule has 3 rings (SSSR count). The van der Waals surface area contributed by atoms with E-state index in [0.29, 0.717) is 11.5 Å². The average Bonchev–Trinajstić information content (AvgIpc) is 3.10. The molecule has 25 heavy (non-hydrogen) atoms. The van der Waals surface area contributed by atoms with E-state index in [1.807, 2.05) is 12.1 Å². The summed E-state index contributed by atoms with van der Waals surface area (Å²) in [5.74, 6) is -1.00. The second kappa shape index (κ2) is 7.29. The molecule has 1 aliphatic rings. The van der Waals surface area contributed by atoms with Crippen LogP contribution in [0.2, 0.25) is 0 Å². The summed E-state index contributed by atoms with van der Waals surface area (Å²) in [6, 6.07) is 5.24. The highest BCUT2D eigenvalue weighted by molar-refractivity contribution is 5.89. The van der Waals surface area contributed by atoms with Crippen LogP contribution in [0.25, 0.3) is 0 Å². The van der Waals surface area contributed by atoms with Gasteiger partial charge in [0.1, 0.15) is 5.69 Å². The number of aromatic carboxylic acids is 1. The number of carboxylic acid groups (broad SMARTS) is 1. The van der Waals surface area contributed by atoms with Gasteiger partial charge < -0.3 is 14.7 Å². The first kappa shape index (κ1) is 16.9. The predicted molar refractivity (Wildman–Crippen MR) is 90.8 cm³/mol. The lowest BCUT2D eigenvalue weighted by Crippen LogP contribution is -2.20. The highest BCUT2D eigenvalue weighted by Crippen LogP contribution is 2.26. The standard InChI is InChI=1S/C18H19N3O4/c1-25-18(24)14-7-13(9-19-10-14)6-12-3-5-21(11-12)15-2-4-20-16(8-15)17(22)23/h2,4,7-10,12H,3,5-6,11H2,1H3,(H,22,23). The molecule has 1 aliphatic heterocycles. The van der Waals surface area contributed by atoms with E-state index < -0.39 is 5.97 Å². The first-order valence-corrected chi connectivity index (χ1v) is 8.03. The fourth-order valence-electron chi connectivity index (χ4n) is 3.13. The van der Waals surface area contributed by atoms with Gasteiger partial charge in [-0.3, -0.25) is 4.98 Å². The van der Waals surface area contributed by atoms with Crippen LogP contribution in [0.15, 0.2) is 36.8 Å². The number of hydrogen-bond acceptors (Lipinski definition) is 6. The van der Waals surface area contributed by atoms with Crippen molar-refractivity contribution in [2.45, 2.75) is 12.8 Å². The summed E-state index contributed by atoms with van der Waals surface area (Å²) in [5.41, 5.74) is 2.37. The Morgan fingerprint density at radius 3 is 2.96 bits per heavy atom. The maximum absolute atomic E-state index is 11.6. The van der Waals surface area contributed by atoms with Crippen LogP contribution in [0.5, 0.6) is 0 Å². The number of carbonyl (C=O) groups excluding carboxylic acids is 1. The van der Waals surface area contributed by atoms with Gasteiger partial charge >= 0.3 is 11.9 Å². The van der Waals surface area contributed by atoms with E-state index in [4.69, 9.17) is 9.84 Å². The summed E-state index contributed by atoms with van der Waals surface area (Å²) in [7, 11) is 1.35. The van der Waals surface area contributed by atoms with E-state index in [9.17, 15) is 9.59 Å². The Labute approximate surface area is 145 Å². The van der Waals surface area contributed by atoms with E-state index >= 15 is 0 Å². The Kier molecular flexibility index (Phi) is 4.92. The van der Waals surface area contributed by atoms with Crippen LogP contribution in [0.4, 0.5) is 5.69 Å². The first-order chi connectivity index (χ1) is 12.1. The molecule has 1 saturated heterocycles. The van der Waals surface area contributed by atoms with Gasteiger partial charge in [-0.2, -0.15) is 0 Å². The van der Waals surface area contributed by atoms with Gasteiger partial charge in [0.05, 0.1) is 12.7 Å². The van der Waals surface area contributed by atoms with E-state index in [-0.39, 0.29) is 11.7 Å². The zero-order valence-electron chi connectivity index (χ0n) is 13.9. The van der Waals surface area contributed by atoms with Gasteiger partial charge in [0.2, 0.25) is 0 Å². The molecule has 0 radical (unpaired) electrons. The molecule has 7 nitrogen and oxygen atoms in total. The molecule has 1 atom stereocenters. The lowest BCUT2D eigenvalue weighted by atomic mass is 9.99. The van der Waals surface area contributed by atoms with Crippen LogP contribution in [0.1, 0.15) is 32.8 Å². The van der Waals surface area contributed by atoms with Crippen molar-refractivity contribution in [3.63, 3.8) is 0 Å². The average molecular weight is 341 g/mol. The molecular formula is C18H19N3O4. The number of pyridine rings is 2. The lowest BCUT2D eigenvalue weighted by Gasteiger charge is -2.19. The number of hydrogen-bond donors (Lipinski definition) is 1. The van der Waals surface area contributed by atoms with Gasteiger partial charge in [-0.1, -0.05) is 0 Å². The molecule has 3 heterocycles. The zero-order valence-corrected chi connectivity index (χ0v) is 13.9. The van der Waals surface area contributed by atoms with E-state index in [0.717, 1.165) is 37.2 Å². The number of methoxy groups -OCH3 is 1. The number of carbonyl (C=O) groups is 2. The molecule has 0 amide bonds. The third-order valence-electron chi connectivity index (χ3n) is 4.35. The first-order valence-electron chi connectivity index (χ1n) is 8.03. The molecule has 1 fully saturated rings. The quantitative estimate of drug-likeness (QED) is 0.832. The van der Waals surface area contributed by atoms with E-state index in [1.54, 1.807) is 12.3 Å². The normalized spacial score (nSPS) is 16.7. The van der Waals surface area contributed by atoms with Crippen LogP contribution in [-0.4, -0.2) is 47.2 Å². The molecule has 2 aromatic rings. The van der Waals surface area contributed by atoms with Crippen molar-refractivity contribution < 1.29 is 19.4 Å². The third kappa shape index (κ3) is 3.93.